The van der Waals surface area contributed by atoms with E-state index in [-0.39, 0.29) is 6.61 Å². The number of rotatable bonds is 6. The van der Waals surface area contributed by atoms with Crippen molar-refractivity contribution in [3.05, 3.63) is 30.3 Å². The molecule has 0 radical (unpaired) electrons. The number of hydrogen-bond donors (Lipinski definition) is 2. The summed E-state index contributed by atoms with van der Waals surface area (Å²) >= 11 is 1.05. The van der Waals surface area contributed by atoms with Gasteiger partial charge in [-0.2, -0.15) is 0 Å². The van der Waals surface area contributed by atoms with Gasteiger partial charge < -0.3 is 14.9 Å². The van der Waals surface area contributed by atoms with Crippen molar-refractivity contribution in [1.82, 2.24) is 0 Å². The van der Waals surface area contributed by atoms with E-state index in [1.54, 1.807) is 24.3 Å². The summed E-state index contributed by atoms with van der Waals surface area (Å²) in [7, 11) is 0. The fourth-order valence-corrected chi connectivity index (χ4v) is 1.58. The second-order valence-electron chi connectivity index (χ2n) is 2.70. The smallest absolute Gasteiger partial charge is 0.355 e. The molecule has 0 fully saturated rings. The minimum atomic E-state index is -1.04. The van der Waals surface area contributed by atoms with Crippen LogP contribution in [0.15, 0.2) is 30.3 Å². The lowest BCUT2D eigenvalue weighted by atomic mass is 10.3. The number of carboxylic acid groups (broad SMARTS) is 1. The zero-order chi connectivity index (χ0) is 11.1. The van der Waals surface area contributed by atoms with Crippen molar-refractivity contribution in [3.63, 3.8) is 0 Å². The summed E-state index contributed by atoms with van der Waals surface area (Å²) in [6.07, 6.45) is 0. The molecule has 0 saturated carbocycles. The van der Waals surface area contributed by atoms with Gasteiger partial charge in [0.25, 0.3) is 0 Å². The molecule has 5 heteroatoms. The first-order valence-electron chi connectivity index (χ1n) is 4.41. The van der Waals surface area contributed by atoms with Crippen LogP contribution in [0.2, 0.25) is 0 Å². The molecule has 1 rings (SSSR count). The van der Waals surface area contributed by atoms with E-state index in [0.29, 0.717) is 11.5 Å². The summed E-state index contributed by atoms with van der Waals surface area (Å²) < 4.78 is 5.23. The molecule has 1 aromatic rings. The Balaban J connectivity index is 2.55. The quantitative estimate of drug-likeness (QED) is 0.716. The number of ether oxygens (including phenoxy) is 1. The molecule has 0 aliphatic carbocycles. The number of carbonyl (C=O) groups is 1. The highest BCUT2D eigenvalue weighted by atomic mass is 32.2. The maximum Gasteiger partial charge on any atom is 0.355 e. The molecule has 0 bridgehead atoms. The van der Waals surface area contributed by atoms with Crippen molar-refractivity contribution in [2.45, 2.75) is 5.44 Å². The number of aliphatic hydroxyl groups is 1. The summed E-state index contributed by atoms with van der Waals surface area (Å²) in [6, 6.07) is 8.74. The van der Waals surface area contributed by atoms with Crippen LogP contribution in [0.25, 0.3) is 0 Å². The fraction of sp³-hybridized carbons (Fsp3) is 0.300. The van der Waals surface area contributed by atoms with Crippen molar-refractivity contribution >= 4 is 17.7 Å². The number of benzene rings is 1. The minimum absolute atomic E-state index is 0.0629. The van der Waals surface area contributed by atoms with Crippen LogP contribution in [0.1, 0.15) is 0 Å². The maximum atomic E-state index is 10.8. The third-order valence-electron chi connectivity index (χ3n) is 1.55. The Kier molecular flexibility index (Phi) is 5.00. The number of thioether (sulfide) groups is 1. The zero-order valence-electron chi connectivity index (χ0n) is 8.00. The molecule has 82 valence electrons. The highest BCUT2D eigenvalue weighted by Gasteiger charge is 2.19. The molecule has 0 spiro atoms. The molecular weight excluding hydrogens is 216 g/mol. The van der Waals surface area contributed by atoms with Crippen molar-refractivity contribution in [2.75, 3.05) is 12.4 Å². The van der Waals surface area contributed by atoms with Gasteiger partial charge in [0.2, 0.25) is 5.44 Å². The van der Waals surface area contributed by atoms with Gasteiger partial charge in [-0.15, -0.1) is 11.8 Å². The van der Waals surface area contributed by atoms with Crippen molar-refractivity contribution in [2.24, 2.45) is 0 Å². The standard InChI is InChI=1S/C10H12O4S/c11-6-7-15-10(9(12)13)14-8-4-2-1-3-5-8/h1-5,10-11H,6-7H2,(H,12,13)/t10-/m0/s1. The Morgan fingerprint density at radius 1 is 1.40 bits per heavy atom. The van der Waals surface area contributed by atoms with Crippen LogP contribution >= 0.6 is 11.8 Å². The second-order valence-corrected chi connectivity index (χ2v) is 3.87. The summed E-state index contributed by atoms with van der Waals surface area (Å²) in [5, 5.41) is 17.4. The Morgan fingerprint density at radius 3 is 2.60 bits per heavy atom. The maximum absolute atomic E-state index is 10.8. The fourth-order valence-electron chi connectivity index (χ4n) is 0.938. The van der Waals surface area contributed by atoms with Crippen molar-refractivity contribution < 1.29 is 19.7 Å². The molecule has 2 N–H and O–H groups in total. The van der Waals surface area contributed by atoms with Gasteiger partial charge in [0.1, 0.15) is 5.75 Å². The summed E-state index contributed by atoms with van der Waals surface area (Å²) in [4.78, 5) is 10.8. The predicted molar refractivity (Wildman–Crippen MR) is 58.0 cm³/mol. The van der Waals surface area contributed by atoms with Gasteiger partial charge >= 0.3 is 5.97 Å². The van der Waals surface area contributed by atoms with Crippen molar-refractivity contribution in [3.8, 4) is 5.75 Å². The van der Waals surface area contributed by atoms with Crippen LogP contribution in [0.4, 0.5) is 0 Å². The average molecular weight is 228 g/mol. The molecule has 0 saturated heterocycles. The lowest BCUT2D eigenvalue weighted by molar-refractivity contribution is -0.140. The molecule has 4 nitrogen and oxygen atoms in total. The first-order valence-corrected chi connectivity index (χ1v) is 5.46. The van der Waals surface area contributed by atoms with E-state index < -0.39 is 11.4 Å². The third-order valence-corrected chi connectivity index (χ3v) is 2.57. The Morgan fingerprint density at radius 2 is 2.07 bits per heavy atom. The van der Waals surface area contributed by atoms with E-state index in [9.17, 15) is 4.79 Å². The minimum Gasteiger partial charge on any atom is -0.478 e. The number of hydrogen-bond acceptors (Lipinski definition) is 4. The Hall–Kier alpha value is -1.20. The monoisotopic (exact) mass is 228 g/mol. The number of para-hydroxylation sites is 1. The summed E-state index contributed by atoms with van der Waals surface area (Å²) in [5.74, 6) is -0.197. The van der Waals surface area contributed by atoms with Gasteiger partial charge in [0.05, 0.1) is 6.61 Å². The van der Waals surface area contributed by atoms with E-state index in [1.807, 2.05) is 6.07 Å². The number of carboxylic acids is 1. The van der Waals surface area contributed by atoms with Gasteiger partial charge in [-0.3, -0.25) is 0 Å². The largest absolute Gasteiger partial charge is 0.478 e. The molecule has 0 unspecified atom stereocenters. The third kappa shape index (κ3) is 4.22. The van der Waals surface area contributed by atoms with E-state index in [1.165, 1.54) is 0 Å². The van der Waals surface area contributed by atoms with E-state index >= 15 is 0 Å². The molecular formula is C10H12O4S. The molecule has 1 atom stereocenters. The highest BCUT2D eigenvalue weighted by molar-refractivity contribution is 8.00. The second kappa shape index (κ2) is 6.31. The van der Waals surface area contributed by atoms with Gasteiger partial charge in [0.15, 0.2) is 0 Å². The Labute approximate surface area is 91.9 Å². The van der Waals surface area contributed by atoms with E-state index in [0.717, 1.165) is 11.8 Å². The summed E-state index contributed by atoms with van der Waals surface area (Å²) in [6.45, 7) is -0.0629. The molecule has 0 aromatic heterocycles. The molecule has 1 aromatic carbocycles. The SMILES string of the molecule is O=C(O)[C@@H](Oc1ccccc1)SCCO. The van der Waals surface area contributed by atoms with Gasteiger partial charge in [-0.25, -0.2) is 4.79 Å². The lowest BCUT2D eigenvalue weighted by Gasteiger charge is -2.13. The molecule has 0 amide bonds. The van der Waals surface area contributed by atoms with Crippen LogP contribution in [0.5, 0.6) is 5.75 Å². The first-order chi connectivity index (χ1) is 7.24. The van der Waals surface area contributed by atoms with Crippen LogP contribution in [-0.4, -0.2) is 34.0 Å². The van der Waals surface area contributed by atoms with Crippen LogP contribution in [0.3, 0.4) is 0 Å². The zero-order valence-corrected chi connectivity index (χ0v) is 8.81. The molecule has 0 heterocycles. The molecule has 15 heavy (non-hydrogen) atoms. The first kappa shape index (κ1) is 11.9. The topological polar surface area (TPSA) is 66.8 Å². The van der Waals surface area contributed by atoms with Gasteiger partial charge in [0, 0.05) is 5.75 Å². The van der Waals surface area contributed by atoms with Gasteiger partial charge in [-0.1, -0.05) is 18.2 Å². The van der Waals surface area contributed by atoms with Crippen molar-refractivity contribution in [1.29, 1.82) is 0 Å². The van der Waals surface area contributed by atoms with Gasteiger partial charge in [-0.05, 0) is 12.1 Å². The number of aliphatic carboxylic acids is 1. The normalized spacial score (nSPS) is 12.1. The van der Waals surface area contributed by atoms with E-state index in [2.05, 4.69) is 0 Å². The van der Waals surface area contributed by atoms with Crippen LogP contribution < -0.4 is 4.74 Å². The average Bonchev–Trinajstić information content (AvgIpc) is 2.25. The van der Waals surface area contributed by atoms with Crippen LogP contribution in [0, 0.1) is 0 Å². The lowest BCUT2D eigenvalue weighted by Crippen LogP contribution is -2.24. The van der Waals surface area contributed by atoms with E-state index in [4.69, 9.17) is 14.9 Å². The highest BCUT2D eigenvalue weighted by Crippen LogP contribution is 2.18. The van der Waals surface area contributed by atoms with Crippen LogP contribution in [-0.2, 0) is 4.79 Å². The molecule has 0 aliphatic rings. The Bertz CT molecular complexity index is 302. The predicted octanol–water partition coefficient (Wildman–Crippen LogP) is 1.20. The summed E-state index contributed by atoms with van der Waals surface area (Å²) in [5.41, 5.74) is -0.973. The molecule has 0 aliphatic heterocycles. The number of aliphatic hydroxyl groups excluding tert-OH is 1.